The number of phenolic OH excluding ortho intramolecular Hbond substituents is 1. The molecule has 0 unspecified atom stereocenters. The van der Waals surface area contributed by atoms with Crippen LogP contribution >= 0.6 is 11.6 Å². The van der Waals surface area contributed by atoms with Crippen LogP contribution in [0, 0.1) is 0 Å². The van der Waals surface area contributed by atoms with Crippen molar-refractivity contribution in [3.8, 4) is 17.2 Å². The van der Waals surface area contributed by atoms with Crippen molar-refractivity contribution in [2.45, 2.75) is 38.3 Å². The highest BCUT2D eigenvalue weighted by Crippen LogP contribution is 2.45. The van der Waals surface area contributed by atoms with Gasteiger partial charge in [0.15, 0.2) is 0 Å². The normalized spacial score (nSPS) is 17.0. The predicted octanol–water partition coefficient (Wildman–Crippen LogP) is 6.06. The number of phenols is 1. The molecule has 12 heteroatoms. The summed E-state index contributed by atoms with van der Waals surface area (Å²) in [5.41, 5.74) is -0.427. The molecule has 0 aliphatic carbocycles. The number of anilines is 1. The van der Waals surface area contributed by atoms with Gasteiger partial charge in [0.05, 0.1) is 50.1 Å². The molecule has 218 valence electrons. The standard InChI is InChI=1S/C29H27ClF3NO7/c1-4-40-25(36)14-24-28(37)34(15-16-8-10-18(38-2)13-22(16)35)21-11-9-17(29(31,32)33)12-20(21)27(41-24)19-6-5-7-23(39-3)26(19)30/h5-13,24,27,35H,4,14-15H2,1-3H3/t24-,27-/m1/s1. The molecule has 2 atom stereocenters. The second-order valence-electron chi connectivity index (χ2n) is 9.07. The van der Waals surface area contributed by atoms with Crippen LogP contribution in [0.3, 0.4) is 0 Å². The monoisotopic (exact) mass is 593 g/mol. The van der Waals surface area contributed by atoms with Crippen LogP contribution in [0.25, 0.3) is 0 Å². The van der Waals surface area contributed by atoms with Gasteiger partial charge in [-0.2, -0.15) is 13.2 Å². The number of hydrogen-bond acceptors (Lipinski definition) is 7. The summed E-state index contributed by atoms with van der Waals surface area (Å²) in [6, 6.07) is 12.0. The molecule has 0 spiro atoms. The number of nitrogens with zero attached hydrogens (tertiary/aromatic N) is 1. The third kappa shape index (κ3) is 6.36. The molecule has 0 saturated carbocycles. The fraction of sp³-hybridized carbons (Fsp3) is 0.310. The SMILES string of the molecule is CCOC(=O)C[C@H]1O[C@H](c2cccc(OC)c2Cl)c2cc(C(F)(F)F)ccc2N(Cc2ccc(OC)cc2O)C1=O. The Hall–Kier alpha value is -3.96. The second-order valence-corrected chi connectivity index (χ2v) is 9.45. The third-order valence-corrected chi connectivity index (χ3v) is 6.95. The summed E-state index contributed by atoms with van der Waals surface area (Å²) in [4.78, 5) is 27.6. The minimum atomic E-state index is -4.71. The van der Waals surface area contributed by atoms with E-state index < -0.39 is 42.2 Å². The molecule has 0 radical (unpaired) electrons. The van der Waals surface area contributed by atoms with E-state index in [-0.39, 0.29) is 52.1 Å². The topological polar surface area (TPSA) is 94.5 Å². The van der Waals surface area contributed by atoms with E-state index in [1.54, 1.807) is 25.1 Å². The number of fused-ring (bicyclic) bond motifs is 1. The lowest BCUT2D eigenvalue weighted by atomic mass is 9.96. The zero-order valence-electron chi connectivity index (χ0n) is 22.3. The zero-order valence-corrected chi connectivity index (χ0v) is 23.1. The molecule has 41 heavy (non-hydrogen) atoms. The first-order valence-corrected chi connectivity index (χ1v) is 12.9. The van der Waals surface area contributed by atoms with Crippen molar-refractivity contribution >= 4 is 29.2 Å². The van der Waals surface area contributed by atoms with Crippen molar-refractivity contribution in [3.63, 3.8) is 0 Å². The number of carbonyl (C=O) groups excluding carboxylic acids is 2. The number of rotatable bonds is 8. The van der Waals surface area contributed by atoms with Crippen molar-refractivity contribution in [2.75, 3.05) is 25.7 Å². The van der Waals surface area contributed by atoms with Crippen LogP contribution in [0.2, 0.25) is 5.02 Å². The average molecular weight is 594 g/mol. The van der Waals surface area contributed by atoms with E-state index in [2.05, 4.69) is 0 Å². The second kappa shape index (κ2) is 12.3. The van der Waals surface area contributed by atoms with Crippen LogP contribution in [0.1, 0.15) is 41.7 Å². The van der Waals surface area contributed by atoms with Crippen LogP contribution in [0.5, 0.6) is 17.2 Å². The van der Waals surface area contributed by atoms with E-state index in [1.807, 2.05) is 0 Å². The van der Waals surface area contributed by atoms with Crippen LogP contribution in [-0.4, -0.2) is 43.9 Å². The fourth-order valence-corrected chi connectivity index (χ4v) is 4.85. The van der Waals surface area contributed by atoms with Crippen LogP contribution in [0.4, 0.5) is 18.9 Å². The average Bonchev–Trinajstić information content (AvgIpc) is 3.04. The van der Waals surface area contributed by atoms with Crippen molar-refractivity contribution in [2.24, 2.45) is 0 Å². The number of esters is 1. The minimum absolute atomic E-state index is 0.0253. The van der Waals surface area contributed by atoms with Gasteiger partial charge in [0, 0.05) is 22.8 Å². The maximum atomic E-state index is 14.0. The molecule has 8 nitrogen and oxygen atoms in total. The Morgan fingerprint density at radius 2 is 1.83 bits per heavy atom. The summed E-state index contributed by atoms with van der Waals surface area (Å²) < 4.78 is 63.3. The molecular formula is C29H27ClF3NO7. The van der Waals surface area contributed by atoms with Crippen molar-refractivity contribution in [1.82, 2.24) is 0 Å². The Labute approximate surface area is 239 Å². The van der Waals surface area contributed by atoms with Gasteiger partial charge in [0.2, 0.25) is 0 Å². The Morgan fingerprint density at radius 1 is 1.07 bits per heavy atom. The molecule has 0 aromatic heterocycles. The molecule has 0 saturated heterocycles. The molecule has 3 aromatic carbocycles. The number of methoxy groups -OCH3 is 2. The number of amides is 1. The highest BCUT2D eigenvalue weighted by molar-refractivity contribution is 6.33. The molecule has 3 aromatic rings. The number of hydrogen-bond donors (Lipinski definition) is 1. The molecule has 1 heterocycles. The Morgan fingerprint density at radius 3 is 2.46 bits per heavy atom. The smallest absolute Gasteiger partial charge is 0.416 e. The van der Waals surface area contributed by atoms with Crippen molar-refractivity contribution < 1.29 is 46.8 Å². The summed E-state index contributed by atoms with van der Waals surface area (Å²) >= 11 is 6.58. The summed E-state index contributed by atoms with van der Waals surface area (Å²) in [6.45, 7) is 1.39. The summed E-state index contributed by atoms with van der Waals surface area (Å²) in [5, 5.41) is 10.7. The largest absolute Gasteiger partial charge is 0.507 e. The molecule has 1 aliphatic rings. The van der Waals surface area contributed by atoms with E-state index in [0.717, 1.165) is 18.2 Å². The van der Waals surface area contributed by atoms with Gasteiger partial charge in [-0.3, -0.25) is 9.59 Å². The number of carbonyl (C=O) groups is 2. The fourth-order valence-electron chi connectivity index (χ4n) is 4.55. The van der Waals surface area contributed by atoms with Gasteiger partial charge in [0.25, 0.3) is 5.91 Å². The molecule has 0 fully saturated rings. The highest BCUT2D eigenvalue weighted by Gasteiger charge is 2.41. The molecule has 1 N–H and O–H groups in total. The molecule has 1 aliphatic heterocycles. The summed E-state index contributed by atoms with van der Waals surface area (Å²) in [6.07, 6.45) is -8.01. The van der Waals surface area contributed by atoms with Gasteiger partial charge in [-0.25, -0.2) is 0 Å². The minimum Gasteiger partial charge on any atom is -0.507 e. The van der Waals surface area contributed by atoms with Crippen LogP contribution < -0.4 is 14.4 Å². The van der Waals surface area contributed by atoms with Gasteiger partial charge in [-0.1, -0.05) is 23.7 Å². The lowest BCUT2D eigenvalue weighted by Gasteiger charge is -2.26. The highest BCUT2D eigenvalue weighted by atomic mass is 35.5. The van der Waals surface area contributed by atoms with E-state index in [4.69, 9.17) is 30.5 Å². The lowest BCUT2D eigenvalue weighted by molar-refractivity contribution is -0.151. The number of ether oxygens (including phenoxy) is 4. The predicted molar refractivity (Wildman–Crippen MR) is 143 cm³/mol. The maximum Gasteiger partial charge on any atom is 0.416 e. The van der Waals surface area contributed by atoms with Crippen LogP contribution in [-0.2, 0) is 31.8 Å². The van der Waals surface area contributed by atoms with Gasteiger partial charge < -0.3 is 29.0 Å². The van der Waals surface area contributed by atoms with Gasteiger partial charge in [0.1, 0.15) is 29.5 Å². The molecule has 0 bridgehead atoms. The first-order chi connectivity index (χ1) is 19.5. The lowest BCUT2D eigenvalue weighted by Crippen LogP contribution is -2.40. The van der Waals surface area contributed by atoms with E-state index in [1.165, 1.54) is 37.3 Å². The Balaban J connectivity index is 1.94. The quantitative estimate of drug-likeness (QED) is 0.318. The number of benzene rings is 3. The van der Waals surface area contributed by atoms with E-state index in [9.17, 15) is 27.9 Å². The first kappa shape index (κ1) is 30.0. The van der Waals surface area contributed by atoms with Crippen molar-refractivity contribution in [3.05, 3.63) is 81.9 Å². The molecule has 1 amide bonds. The number of aromatic hydroxyl groups is 1. The van der Waals surface area contributed by atoms with Crippen molar-refractivity contribution in [1.29, 1.82) is 0 Å². The first-order valence-electron chi connectivity index (χ1n) is 12.5. The molecule has 4 rings (SSSR count). The van der Waals surface area contributed by atoms with Gasteiger partial charge in [-0.15, -0.1) is 0 Å². The summed E-state index contributed by atoms with van der Waals surface area (Å²) in [7, 11) is 2.80. The number of alkyl halides is 3. The van der Waals surface area contributed by atoms with E-state index in [0.29, 0.717) is 5.75 Å². The third-order valence-electron chi connectivity index (χ3n) is 6.54. The van der Waals surface area contributed by atoms with Crippen LogP contribution in [0.15, 0.2) is 54.6 Å². The molecular weight excluding hydrogens is 567 g/mol. The number of halogens is 4. The van der Waals surface area contributed by atoms with Gasteiger partial charge >= 0.3 is 12.1 Å². The summed E-state index contributed by atoms with van der Waals surface area (Å²) in [5.74, 6) is -1.07. The Kier molecular flexibility index (Phi) is 8.98. The zero-order chi connectivity index (χ0) is 29.9. The van der Waals surface area contributed by atoms with Gasteiger partial charge in [-0.05, 0) is 43.3 Å². The Bertz CT molecular complexity index is 1450. The maximum absolute atomic E-state index is 14.0. The van der Waals surface area contributed by atoms with E-state index >= 15 is 0 Å².